The fourth-order valence-corrected chi connectivity index (χ4v) is 3.56. The van der Waals surface area contributed by atoms with Crippen LogP contribution in [0.2, 0.25) is 5.02 Å². The lowest BCUT2D eigenvalue weighted by Crippen LogP contribution is -2.50. The molecule has 166 valence electrons. The van der Waals surface area contributed by atoms with Gasteiger partial charge in [0.15, 0.2) is 6.61 Å². The van der Waals surface area contributed by atoms with E-state index >= 15 is 0 Å². The van der Waals surface area contributed by atoms with E-state index in [2.05, 4.69) is 11.9 Å². The fourth-order valence-electron chi connectivity index (χ4n) is 3.34. The van der Waals surface area contributed by atoms with Crippen LogP contribution in [0.3, 0.4) is 0 Å². The van der Waals surface area contributed by atoms with E-state index in [0.29, 0.717) is 0 Å². The van der Waals surface area contributed by atoms with Crippen molar-refractivity contribution in [2.45, 2.75) is 19.0 Å². The van der Waals surface area contributed by atoms with Gasteiger partial charge >= 0.3 is 12.0 Å². The van der Waals surface area contributed by atoms with Crippen molar-refractivity contribution in [3.63, 3.8) is 0 Å². The zero-order valence-corrected chi connectivity index (χ0v) is 17.9. The minimum Gasteiger partial charge on any atom is -0.454 e. The summed E-state index contributed by atoms with van der Waals surface area (Å²) >= 11 is 6.19. The zero-order chi connectivity index (χ0) is 23.1. The third kappa shape index (κ3) is 5.53. The fraction of sp³-hybridized carbons (Fsp3) is 0.217. The van der Waals surface area contributed by atoms with Crippen LogP contribution in [-0.2, 0) is 27.3 Å². The maximum atomic E-state index is 13.2. The summed E-state index contributed by atoms with van der Waals surface area (Å²) in [6.07, 6.45) is 1.68. The molecule has 0 spiro atoms. The largest absolute Gasteiger partial charge is 0.454 e. The molecule has 4 amide bonds. The summed E-state index contributed by atoms with van der Waals surface area (Å²) in [6.45, 7) is 3.16. The van der Waals surface area contributed by atoms with Gasteiger partial charge in [-0.3, -0.25) is 14.9 Å². The summed E-state index contributed by atoms with van der Waals surface area (Å²) < 4.78 is 5.13. The van der Waals surface area contributed by atoms with Crippen molar-refractivity contribution >= 4 is 35.4 Å². The number of amides is 4. The van der Waals surface area contributed by atoms with Crippen molar-refractivity contribution in [3.05, 3.63) is 82.9 Å². The van der Waals surface area contributed by atoms with Crippen LogP contribution < -0.4 is 10.6 Å². The lowest BCUT2D eigenvalue weighted by Gasteiger charge is -2.35. The van der Waals surface area contributed by atoms with E-state index < -0.39 is 36.5 Å². The minimum absolute atomic E-state index is 0.180. The summed E-state index contributed by atoms with van der Waals surface area (Å²) in [5.41, 5.74) is 2.09. The second kappa shape index (κ2) is 10.6. The van der Waals surface area contributed by atoms with Crippen LogP contribution in [0.15, 0.2) is 61.2 Å². The number of rotatable bonds is 6. The number of benzene rings is 2. The van der Waals surface area contributed by atoms with Gasteiger partial charge in [0.1, 0.15) is 6.04 Å². The molecule has 0 radical (unpaired) electrons. The molecule has 1 heterocycles. The summed E-state index contributed by atoms with van der Waals surface area (Å²) in [6, 6.07) is 12.4. The molecule has 0 aliphatic carbocycles. The third-order valence-corrected chi connectivity index (χ3v) is 5.22. The molecule has 1 atom stereocenters. The lowest BCUT2D eigenvalue weighted by molar-refractivity contribution is -0.153. The van der Waals surface area contributed by atoms with E-state index in [-0.39, 0.29) is 30.1 Å². The molecule has 32 heavy (non-hydrogen) atoms. The maximum Gasteiger partial charge on any atom is 0.329 e. The van der Waals surface area contributed by atoms with E-state index in [1.807, 2.05) is 29.6 Å². The number of carbonyl (C=O) groups is 4. The number of fused-ring (bicyclic) bond motifs is 1. The lowest BCUT2D eigenvalue weighted by atomic mass is 9.93. The van der Waals surface area contributed by atoms with E-state index in [4.69, 9.17) is 16.3 Å². The molecule has 2 aromatic carbocycles. The van der Waals surface area contributed by atoms with Crippen molar-refractivity contribution in [3.8, 4) is 0 Å². The first-order chi connectivity index (χ1) is 15.4. The smallest absolute Gasteiger partial charge is 0.329 e. The Bertz CT molecular complexity index is 1060. The van der Waals surface area contributed by atoms with Gasteiger partial charge in [0.2, 0.25) is 0 Å². The number of halogens is 1. The van der Waals surface area contributed by atoms with Gasteiger partial charge in [-0.05, 0) is 23.3 Å². The molecule has 8 nitrogen and oxygen atoms in total. The van der Waals surface area contributed by atoms with Crippen molar-refractivity contribution in [2.75, 3.05) is 13.2 Å². The van der Waals surface area contributed by atoms with Gasteiger partial charge in [-0.1, -0.05) is 54.1 Å². The molecule has 2 N–H and O–H groups in total. The predicted octanol–water partition coefficient (Wildman–Crippen LogP) is 2.46. The van der Waals surface area contributed by atoms with Crippen LogP contribution in [0, 0.1) is 0 Å². The van der Waals surface area contributed by atoms with Gasteiger partial charge in [-0.15, -0.1) is 6.58 Å². The van der Waals surface area contributed by atoms with E-state index in [9.17, 15) is 19.2 Å². The van der Waals surface area contributed by atoms with Gasteiger partial charge in [0.25, 0.3) is 11.8 Å². The Kier molecular flexibility index (Phi) is 7.62. The molecule has 1 aliphatic rings. The highest BCUT2D eigenvalue weighted by atomic mass is 35.5. The molecule has 0 bridgehead atoms. The van der Waals surface area contributed by atoms with E-state index in [0.717, 1.165) is 11.1 Å². The van der Waals surface area contributed by atoms with Gasteiger partial charge in [-0.2, -0.15) is 0 Å². The van der Waals surface area contributed by atoms with Crippen molar-refractivity contribution in [1.82, 2.24) is 15.5 Å². The number of urea groups is 1. The number of nitrogens with one attached hydrogen (secondary N) is 2. The van der Waals surface area contributed by atoms with Crippen LogP contribution in [-0.4, -0.2) is 47.9 Å². The Morgan fingerprint density at radius 3 is 2.50 bits per heavy atom. The van der Waals surface area contributed by atoms with Crippen molar-refractivity contribution in [2.24, 2.45) is 0 Å². The third-order valence-electron chi connectivity index (χ3n) is 4.89. The summed E-state index contributed by atoms with van der Waals surface area (Å²) in [5, 5.41) is 4.69. The monoisotopic (exact) mass is 455 g/mol. The molecular weight excluding hydrogens is 434 g/mol. The molecule has 0 saturated heterocycles. The number of ether oxygens (including phenoxy) is 1. The number of hydrogen-bond acceptors (Lipinski definition) is 5. The maximum absolute atomic E-state index is 13.2. The van der Waals surface area contributed by atoms with Crippen LogP contribution in [0.4, 0.5) is 4.79 Å². The normalized spacial score (nSPS) is 14.7. The second-order valence-electron chi connectivity index (χ2n) is 7.06. The van der Waals surface area contributed by atoms with Gasteiger partial charge in [-0.25, -0.2) is 9.59 Å². The first-order valence-corrected chi connectivity index (χ1v) is 10.3. The predicted molar refractivity (Wildman–Crippen MR) is 118 cm³/mol. The Labute approximate surface area is 190 Å². The Morgan fingerprint density at radius 1 is 1.09 bits per heavy atom. The Balaban J connectivity index is 1.74. The van der Waals surface area contributed by atoms with Crippen LogP contribution in [0.5, 0.6) is 0 Å². The highest BCUT2D eigenvalue weighted by Gasteiger charge is 2.36. The molecule has 3 rings (SSSR count). The highest BCUT2D eigenvalue weighted by molar-refractivity contribution is 6.33. The van der Waals surface area contributed by atoms with Gasteiger partial charge in [0, 0.05) is 19.5 Å². The number of esters is 1. The summed E-state index contributed by atoms with van der Waals surface area (Å²) in [5.74, 6) is -1.96. The topological polar surface area (TPSA) is 105 Å². The molecule has 9 heteroatoms. The van der Waals surface area contributed by atoms with Crippen molar-refractivity contribution in [1.29, 1.82) is 0 Å². The molecule has 2 aromatic rings. The quantitative estimate of drug-likeness (QED) is 0.514. The number of hydrogen-bond donors (Lipinski definition) is 2. The average Bonchev–Trinajstić information content (AvgIpc) is 2.80. The number of nitrogens with zero attached hydrogens (tertiary/aromatic N) is 1. The Morgan fingerprint density at radius 2 is 1.78 bits per heavy atom. The standard InChI is InChI=1S/C23H22ClN3O5/c1-2-11-25-23(31)26-20(28)14-32-22(30)19-12-15-7-3-4-8-16(15)13-27(19)21(29)17-9-5-6-10-18(17)24/h2-10,19H,1,11-14H2,(H2,25,26,28,31). The van der Waals surface area contributed by atoms with Gasteiger partial charge in [0.05, 0.1) is 10.6 Å². The van der Waals surface area contributed by atoms with E-state index in [1.165, 1.54) is 11.0 Å². The molecular formula is C23H22ClN3O5. The molecule has 1 unspecified atom stereocenters. The first-order valence-electron chi connectivity index (χ1n) is 9.88. The second-order valence-corrected chi connectivity index (χ2v) is 7.46. The first kappa shape index (κ1) is 23.0. The Hall–Kier alpha value is -3.65. The van der Waals surface area contributed by atoms with Crippen molar-refractivity contribution < 1.29 is 23.9 Å². The summed E-state index contributed by atoms with van der Waals surface area (Å²) in [4.78, 5) is 50.9. The zero-order valence-electron chi connectivity index (χ0n) is 17.2. The molecule has 0 fully saturated rings. The van der Waals surface area contributed by atoms with E-state index in [1.54, 1.807) is 24.3 Å². The average molecular weight is 456 g/mol. The SMILES string of the molecule is C=CCNC(=O)NC(=O)COC(=O)C1Cc2ccccc2CN1C(=O)c1ccccc1Cl. The van der Waals surface area contributed by atoms with Gasteiger partial charge < -0.3 is 15.0 Å². The number of imide groups is 1. The highest BCUT2D eigenvalue weighted by Crippen LogP contribution is 2.27. The molecule has 0 saturated carbocycles. The van der Waals surface area contributed by atoms with Crippen LogP contribution in [0.1, 0.15) is 21.5 Å². The van der Waals surface area contributed by atoms with Crippen LogP contribution in [0.25, 0.3) is 0 Å². The minimum atomic E-state index is -0.948. The van der Waals surface area contributed by atoms with Crippen LogP contribution >= 0.6 is 11.6 Å². The summed E-state index contributed by atoms with van der Waals surface area (Å²) in [7, 11) is 0. The molecule has 1 aliphatic heterocycles. The number of carbonyl (C=O) groups excluding carboxylic acids is 4. The molecule has 0 aromatic heterocycles.